The molecule has 22 heavy (non-hydrogen) atoms. The molecule has 0 aliphatic rings. The van der Waals surface area contributed by atoms with Crippen molar-refractivity contribution in [2.75, 3.05) is 7.11 Å². The maximum Gasteiger partial charge on any atom is 0.305 e. The minimum Gasteiger partial charge on any atom is -0.469 e. The van der Waals surface area contributed by atoms with E-state index in [0.29, 0.717) is 12.8 Å². The van der Waals surface area contributed by atoms with Gasteiger partial charge in [0.05, 0.1) is 7.11 Å². The Balaban J connectivity index is 3.31. The number of unbranched alkanes of at least 4 members (excludes halogenated alkanes) is 9. The minimum absolute atomic E-state index is 0.118. The second-order valence-corrected chi connectivity index (χ2v) is 5.92. The van der Waals surface area contributed by atoms with Crippen LogP contribution in [0, 0.1) is 0 Å². The van der Waals surface area contributed by atoms with Gasteiger partial charge in [-0.2, -0.15) is 0 Å². The van der Waals surface area contributed by atoms with Crippen molar-refractivity contribution >= 4 is 11.8 Å². The first-order valence-corrected chi connectivity index (χ1v) is 8.97. The van der Waals surface area contributed by atoms with E-state index < -0.39 is 0 Å². The van der Waals surface area contributed by atoms with Crippen LogP contribution in [0.2, 0.25) is 0 Å². The van der Waals surface area contributed by atoms with Crippen molar-refractivity contribution < 1.29 is 14.3 Å². The number of ether oxygens (including phenoxy) is 1. The van der Waals surface area contributed by atoms with E-state index in [-0.39, 0.29) is 11.8 Å². The highest BCUT2D eigenvalue weighted by molar-refractivity contribution is 5.89. The molecule has 3 heteroatoms. The van der Waals surface area contributed by atoms with Gasteiger partial charge in [-0.3, -0.25) is 9.59 Å². The number of rotatable bonds is 15. The van der Waals surface area contributed by atoms with Gasteiger partial charge in [-0.1, -0.05) is 57.9 Å². The van der Waals surface area contributed by atoms with E-state index in [1.807, 2.05) is 6.08 Å². The molecule has 0 unspecified atom stereocenters. The quantitative estimate of drug-likeness (QED) is 0.232. The van der Waals surface area contributed by atoms with Crippen molar-refractivity contribution in [2.24, 2.45) is 0 Å². The molecule has 0 aromatic heterocycles. The van der Waals surface area contributed by atoms with Crippen LogP contribution >= 0.6 is 0 Å². The lowest BCUT2D eigenvalue weighted by Gasteiger charge is -2.01. The lowest BCUT2D eigenvalue weighted by atomic mass is 10.1. The van der Waals surface area contributed by atoms with Crippen molar-refractivity contribution in [3.05, 3.63) is 12.2 Å². The third-order valence-electron chi connectivity index (χ3n) is 3.81. The van der Waals surface area contributed by atoms with Crippen LogP contribution in [0.15, 0.2) is 12.2 Å². The fraction of sp³-hybridized carbons (Fsp3) is 0.789. The topological polar surface area (TPSA) is 43.4 Å². The zero-order valence-corrected chi connectivity index (χ0v) is 14.6. The first-order valence-electron chi connectivity index (χ1n) is 8.97. The zero-order chi connectivity index (χ0) is 16.5. The first-order chi connectivity index (χ1) is 10.7. The van der Waals surface area contributed by atoms with Gasteiger partial charge < -0.3 is 4.74 Å². The van der Waals surface area contributed by atoms with Crippen LogP contribution in [0.5, 0.6) is 0 Å². The van der Waals surface area contributed by atoms with Crippen LogP contribution in [-0.2, 0) is 14.3 Å². The van der Waals surface area contributed by atoms with Gasteiger partial charge in [0, 0.05) is 12.8 Å². The molecule has 0 rings (SSSR count). The summed E-state index contributed by atoms with van der Waals surface area (Å²) in [5, 5.41) is 0. The lowest BCUT2D eigenvalue weighted by Crippen LogP contribution is -1.99. The summed E-state index contributed by atoms with van der Waals surface area (Å²) in [7, 11) is 1.43. The van der Waals surface area contributed by atoms with Crippen molar-refractivity contribution in [3.63, 3.8) is 0 Å². The Morgan fingerprint density at radius 2 is 1.41 bits per heavy atom. The normalized spacial score (nSPS) is 11.0. The number of hydrogen-bond acceptors (Lipinski definition) is 3. The Kier molecular flexibility index (Phi) is 15.4. The van der Waals surface area contributed by atoms with Crippen molar-refractivity contribution in [2.45, 2.75) is 90.4 Å². The van der Waals surface area contributed by atoms with Gasteiger partial charge in [0.15, 0.2) is 5.78 Å². The van der Waals surface area contributed by atoms with Gasteiger partial charge in [-0.25, -0.2) is 0 Å². The summed E-state index contributed by atoms with van der Waals surface area (Å²) in [6.07, 6.45) is 17.4. The van der Waals surface area contributed by atoms with Gasteiger partial charge in [0.1, 0.15) is 0 Å². The fourth-order valence-electron chi connectivity index (χ4n) is 2.36. The minimum atomic E-state index is -0.118. The molecule has 128 valence electrons. The molecule has 0 radical (unpaired) electrons. The number of carbonyl (C=O) groups excluding carboxylic acids is 2. The van der Waals surface area contributed by atoms with Crippen molar-refractivity contribution in [1.29, 1.82) is 0 Å². The Morgan fingerprint density at radius 3 is 2.05 bits per heavy atom. The number of hydrogen-bond donors (Lipinski definition) is 0. The van der Waals surface area contributed by atoms with Gasteiger partial charge >= 0.3 is 5.97 Å². The summed E-state index contributed by atoms with van der Waals surface area (Å²) in [5.41, 5.74) is 0. The molecule has 0 fully saturated rings. The van der Waals surface area contributed by atoms with Gasteiger partial charge in [-0.15, -0.1) is 0 Å². The van der Waals surface area contributed by atoms with E-state index >= 15 is 0 Å². The van der Waals surface area contributed by atoms with Crippen LogP contribution in [0.3, 0.4) is 0 Å². The predicted molar refractivity (Wildman–Crippen MR) is 91.9 cm³/mol. The molecule has 0 aliphatic heterocycles. The van der Waals surface area contributed by atoms with E-state index in [2.05, 4.69) is 11.7 Å². The number of esters is 1. The van der Waals surface area contributed by atoms with Crippen LogP contribution in [0.1, 0.15) is 90.4 Å². The Morgan fingerprint density at radius 1 is 0.818 bits per heavy atom. The summed E-state index contributed by atoms with van der Waals surface area (Å²) in [6, 6.07) is 0. The van der Waals surface area contributed by atoms with E-state index in [0.717, 1.165) is 44.9 Å². The fourth-order valence-corrected chi connectivity index (χ4v) is 2.36. The SMILES string of the molecule is CCCCCC/C=C/C(=O)CCCCCCCCC(=O)OC. The molecule has 0 saturated heterocycles. The lowest BCUT2D eigenvalue weighted by molar-refractivity contribution is -0.140. The average molecular weight is 310 g/mol. The third-order valence-corrected chi connectivity index (χ3v) is 3.81. The molecule has 0 spiro atoms. The van der Waals surface area contributed by atoms with Crippen molar-refractivity contribution in [1.82, 2.24) is 0 Å². The molecule has 0 saturated carbocycles. The molecule has 0 heterocycles. The summed E-state index contributed by atoms with van der Waals surface area (Å²) >= 11 is 0. The standard InChI is InChI=1S/C19H34O3/c1-3-4-5-6-9-12-15-18(20)16-13-10-7-8-11-14-17-19(21)22-2/h12,15H,3-11,13-14,16-17H2,1-2H3/b15-12+. The van der Waals surface area contributed by atoms with E-state index in [1.165, 1.54) is 32.8 Å². The number of ketones is 1. The van der Waals surface area contributed by atoms with E-state index in [9.17, 15) is 9.59 Å². The highest BCUT2D eigenvalue weighted by Crippen LogP contribution is 2.10. The summed E-state index contributed by atoms with van der Waals surface area (Å²) in [4.78, 5) is 22.6. The molecular weight excluding hydrogens is 276 g/mol. The molecule has 0 aliphatic carbocycles. The van der Waals surface area contributed by atoms with Gasteiger partial charge in [-0.05, 0) is 31.8 Å². The maximum absolute atomic E-state index is 11.6. The Bertz CT molecular complexity index is 308. The van der Waals surface area contributed by atoms with E-state index in [4.69, 9.17) is 0 Å². The zero-order valence-electron chi connectivity index (χ0n) is 14.6. The maximum atomic E-state index is 11.6. The molecule has 0 bridgehead atoms. The second kappa shape index (κ2) is 16.3. The molecule has 0 amide bonds. The highest BCUT2D eigenvalue weighted by Gasteiger charge is 2.00. The average Bonchev–Trinajstić information content (AvgIpc) is 2.52. The molecular formula is C19H34O3. The monoisotopic (exact) mass is 310 g/mol. The molecule has 3 nitrogen and oxygen atoms in total. The summed E-state index contributed by atoms with van der Waals surface area (Å²) in [6.45, 7) is 2.21. The summed E-state index contributed by atoms with van der Waals surface area (Å²) < 4.78 is 4.60. The third kappa shape index (κ3) is 15.3. The van der Waals surface area contributed by atoms with Crippen LogP contribution in [-0.4, -0.2) is 18.9 Å². The van der Waals surface area contributed by atoms with Gasteiger partial charge in [0.2, 0.25) is 0 Å². The Hall–Kier alpha value is -1.12. The predicted octanol–water partition coefficient (Wildman–Crippen LogP) is 5.38. The number of carbonyl (C=O) groups is 2. The van der Waals surface area contributed by atoms with Crippen LogP contribution in [0.4, 0.5) is 0 Å². The molecule has 0 atom stereocenters. The van der Waals surface area contributed by atoms with Crippen LogP contribution < -0.4 is 0 Å². The number of allylic oxidation sites excluding steroid dienone is 2. The van der Waals surface area contributed by atoms with E-state index in [1.54, 1.807) is 6.08 Å². The van der Waals surface area contributed by atoms with Gasteiger partial charge in [0.25, 0.3) is 0 Å². The Labute approximate surface area is 136 Å². The van der Waals surface area contributed by atoms with Crippen molar-refractivity contribution in [3.8, 4) is 0 Å². The molecule has 0 aromatic rings. The second-order valence-electron chi connectivity index (χ2n) is 5.92. The highest BCUT2D eigenvalue weighted by atomic mass is 16.5. The number of methoxy groups -OCH3 is 1. The first kappa shape index (κ1) is 20.9. The smallest absolute Gasteiger partial charge is 0.305 e. The molecule has 0 N–H and O–H groups in total. The van der Waals surface area contributed by atoms with Crippen LogP contribution in [0.25, 0.3) is 0 Å². The largest absolute Gasteiger partial charge is 0.469 e. The molecule has 0 aromatic carbocycles. The summed E-state index contributed by atoms with van der Waals surface area (Å²) in [5.74, 6) is 0.147.